The Morgan fingerprint density at radius 2 is 1.62 bits per heavy atom. The molecule has 0 atom stereocenters. The van der Waals surface area contributed by atoms with E-state index in [2.05, 4.69) is 31.0 Å². The van der Waals surface area contributed by atoms with Gasteiger partial charge in [0.25, 0.3) is 0 Å². The Morgan fingerprint density at radius 1 is 0.875 bits per heavy atom. The third-order valence-electron chi connectivity index (χ3n) is 6.53. The number of aldehydes is 1. The summed E-state index contributed by atoms with van der Waals surface area (Å²) in [6.45, 7) is 5.29. The number of aromatic nitrogens is 1. The highest BCUT2D eigenvalue weighted by Gasteiger charge is 2.15. The number of carbonyl (C=O) groups is 1. The Hall–Kier alpha value is -3.19. The second-order valence-electron chi connectivity index (χ2n) is 9.16. The fourth-order valence-electron chi connectivity index (χ4n) is 4.28. The van der Waals surface area contributed by atoms with Crippen molar-refractivity contribution in [1.82, 2.24) is 4.98 Å². The highest BCUT2D eigenvalue weighted by molar-refractivity contribution is 7.98. The van der Waals surface area contributed by atoms with E-state index in [1.807, 2.05) is 36.6 Å². The molecule has 4 aromatic rings. The Kier molecular flexibility index (Phi) is 10.8. The first-order valence-corrected chi connectivity index (χ1v) is 15.0. The summed E-state index contributed by atoms with van der Waals surface area (Å²) in [7, 11) is 0. The van der Waals surface area contributed by atoms with Crippen LogP contribution in [0.15, 0.2) is 71.9 Å². The van der Waals surface area contributed by atoms with Gasteiger partial charge >= 0.3 is 0 Å². The molecule has 8 heteroatoms. The monoisotopic (exact) mass is 595 g/mol. The molecule has 40 heavy (non-hydrogen) atoms. The highest BCUT2D eigenvalue weighted by atomic mass is 35.5. The van der Waals surface area contributed by atoms with Crippen LogP contribution in [-0.2, 0) is 13.2 Å². The number of nitrogens with zero attached hydrogens (tertiary/aromatic N) is 1. The van der Waals surface area contributed by atoms with Gasteiger partial charge in [-0.15, -0.1) is 23.4 Å². The molecular weight excluding hydrogens is 565 g/mol. The zero-order chi connectivity index (χ0) is 28.5. The van der Waals surface area contributed by atoms with E-state index in [0.717, 1.165) is 56.7 Å². The van der Waals surface area contributed by atoms with E-state index < -0.39 is 0 Å². The third kappa shape index (κ3) is 7.30. The summed E-state index contributed by atoms with van der Waals surface area (Å²) < 4.78 is 18.1. The zero-order valence-electron chi connectivity index (χ0n) is 22.7. The molecule has 0 N–H and O–H groups in total. The van der Waals surface area contributed by atoms with Crippen LogP contribution in [-0.4, -0.2) is 30.0 Å². The number of hydrogen-bond acceptors (Lipinski definition) is 6. The average molecular weight is 597 g/mol. The molecule has 0 amide bonds. The number of benzene rings is 3. The standard InChI is InChI=1S/C32H31Cl2NO4S/c1-21-24(7-4-8-27(21)28-9-5-10-30(22(28)2)37-12-6-11-33)20-39-32-15-31(25(18-36)14-29(32)34)38-19-23-13-26(40-3)17-35-16-23/h4-5,7-10,13-18H,6,11-12,19-20H2,1-3H3. The van der Waals surface area contributed by atoms with Gasteiger partial charge in [0.15, 0.2) is 6.29 Å². The van der Waals surface area contributed by atoms with Gasteiger partial charge in [0.05, 0.1) is 17.2 Å². The van der Waals surface area contributed by atoms with Crippen molar-refractivity contribution in [3.8, 4) is 28.4 Å². The lowest BCUT2D eigenvalue weighted by Crippen LogP contribution is -2.03. The summed E-state index contributed by atoms with van der Waals surface area (Å²) in [6, 6.07) is 17.5. The van der Waals surface area contributed by atoms with Crippen molar-refractivity contribution in [3.63, 3.8) is 0 Å². The maximum atomic E-state index is 11.7. The number of alkyl halides is 1. The second-order valence-corrected chi connectivity index (χ2v) is 10.8. The average Bonchev–Trinajstić information content (AvgIpc) is 2.97. The van der Waals surface area contributed by atoms with Gasteiger partial charge in [-0.25, -0.2) is 0 Å². The van der Waals surface area contributed by atoms with Crippen LogP contribution >= 0.6 is 35.0 Å². The molecule has 208 valence electrons. The van der Waals surface area contributed by atoms with Crippen molar-refractivity contribution >= 4 is 41.2 Å². The van der Waals surface area contributed by atoms with Gasteiger partial charge < -0.3 is 14.2 Å². The first-order chi connectivity index (χ1) is 19.4. The number of rotatable bonds is 13. The summed E-state index contributed by atoms with van der Waals surface area (Å²) in [6.07, 6.45) is 7.05. The van der Waals surface area contributed by atoms with Gasteiger partial charge in [-0.3, -0.25) is 9.78 Å². The number of ether oxygens (including phenoxy) is 3. The van der Waals surface area contributed by atoms with Gasteiger partial charge in [0, 0.05) is 34.8 Å². The molecule has 3 aromatic carbocycles. The lowest BCUT2D eigenvalue weighted by molar-refractivity contribution is 0.111. The molecule has 0 spiro atoms. The number of hydrogen-bond donors (Lipinski definition) is 0. The van der Waals surface area contributed by atoms with E-state index in [4.69, 9.17) is 37.4 Å². The molecule has 0 radical (unpaired) electrons. The van der Waals surface area contributed by atoms with Crippen LogP contribution in [0.2, 0.25) is 5.02 Å². The van der Waals surface area contributed by atoms with Gasteiger partial charge in [-0.05, 0) is 72.5 Å². The molecule has 0 aliphatic carbocycles. The zero-order valence-corrected chi connectivity index (χ0v) is 25.0. The fourth-order valence-corrected chi connectivity index (χ4v) is 5.05. The van der Waals surface area contributed by atoms with Crippen molar-refractivity contribution in [2.24, 2.45) is 0 Å². The molecule has 0 unspecified atom stereocenters. The minimum atomic E-state index is 0.262. The van der Waals surface area contributed by atoms with E-state index in [1.54, 1.807) is 36.3 Å². The number of halogens is 2. The Labute approximate surface area is 249 Å². The first-order valence-electron chi connectivity index (χ1n) is 12.8. The SMILES string of the molecule is CSc1cncc(COc2cc(OCc3cccc(-c4cccc(OCCCCl)c4C)c3C)c(Cl)cc2C=O)c1. The van der Waals surface area contributed by atoms with E-state index >= 15 is 0 Å². The molecule has 0 aliphatic heterocycles. The fraction of sp³-hybridized carbons (Fsp3) is 0.250. The summed E-state index contributed by atoms with van der Waals surface area (Å²) in [5, 5.41) is 0.340. The number of carbonyl (C=O) groups excluding carboxylic acids is 1. The van der Waals surface area contributed by atoms with Crippen molar-refractivity contribution in [1.29, 1.82) is 0 Å². The molecule has 0 bridgehead atoms. The van der Waals surface area contributed by atoms with Gasteiger partial charge in [-0.2, -0.15) is 0 Å². The van der Waals surface area contributed by atoms with Gasteiger partial charge in [0.2, 0.25) is 0 Å². The lowest BCUT2D eigenvalue weighted by Gasteiger charge is -2.17. The van der Waals surface area contributed by atoms with Crippen molar-refractivity contribution in [2.75, 3.05) is 18.7 Å². The topological polar surface area (TPSA) is 57.6 Å². The van der Waals surface area contributed by atoms with E-state index in [9.17, 15) is 4.79 Å². The van der Waals surface area contributed by atoms with Crippen LogP contribution in [0.4, 0.5) is 0 Å². The molecule has 0 aliphatic rings. The van der Waals surface area contributed by atoms with Gasteiger partial charge in [0.1, 0.15) is 30.5 Å². The summed E-state index contributed by atoms with van der Waals surface area (Å²) in [5.41, 5.74) is 6.65. The van der Waals surface area contributed by atoms with Crippen LogP contribution in [0.1, 0.15) is 39.0 Å². The van der Waals surface area contributed by atoms with Crippen LogP contribution < -0.4 is 14.2 Å². The van der Waals surface area contributed by atoms with Crippen molar-refractivity contribution in [3.05, 3.63) is 99.8 Å². The van der Waals surface area contributed by atoms with Crippen molar-refractivity contribution < 1.29 is 19.0 Å². The number of pyridine rings is 1. The molecular formula is C32H31Cl2NO4S. The van der Waals surface area contributed by atoms with Gasteiger partial charge in [-0.1, -0.05) is 41.9 Å². The smallest absolute Gasteiger partial charge is 0.153 e. The second kappa shape index (κ2) is 14.4. The Morgan fingerprint density at radius 3 is 2.38 bits per heavy atom. The van der Waals surface area contributed by atoms with E-state index in [-0.39, 0.29) is 6.61 Å². The summed E-state index contributed by atoms with van der Waals surface area (Å²) in [4.78, 5) is 17.0. The molecule has 0 saturated carbocycles. The largest absolute Gasteiger partial charge is 0.493 e. The predicted octanol–water partition coefficient (Wildman–Crippen LogP) is 8.72. The molecule has 1 heterocycles. The molecule has 1 aromatic heterocycles. The van der Waals surface area contributed by atoms with E-state index in [0.29, 0.717) is 41.2 Å². The highest BCUT2D eigenvalue weighted by Crippen LogP contribution is 2.36. The van der Waals surface area contributed by atoms with Crippen LogP contribution in [0.5, 0.6) is 17.2 Å². The minimum Gasteiger partial charge on any atom is -0.493 e. The number of thioether (sulfide) groups is 1. The molecule has 0 fully saturated rings. The van der Waals surface area contributed by atoms with E-state index in [1.165, 1.54) is 0 Å². The first kappa shape index (κ1) is 29.8. The third-order valence-corrected chi connectivity index (χ3v) is 7.79. The Bertz CT molecular complexity index is 1480. The quantitative estimate of drug-likeness (QED) is 0.0666. The lowest BCUT2D eigenvalue weighted by atomic mass is 9.93. The predicted molar refractivity (Wildman–Crippen MR) is 164 cm³/mol. The molecule has 0 saturated heterocycles. The minimum absolute atomic E-state index is 0.262. The Balaban J connectivity index is 1.53. The summed E-state index contributed by atoms with van der Waals surface area (Å²) in [5.74, 6) is 2.26. The van der Waals surface area contributed by atoms with Crippen LogP contribution in [0.25, 0.3) is 11.1 Å². The normalized spacial score (nSPS) is 10.8. The van der Waals surface area contributed by atoms with Crippen LogP contribution in [0.3, 0.4) is 0 Å². The van der Waals surface area contributed by atoms with Crippen LogP contribution in [0, 0.1) is 13.8 Å². The van der Waals surface area contributed by atoms with Crippen molar-refractivity contribution in [2.45, 2.75) is 38.4 Å². The maximum Gasteiger partial charge on any atom is 0.153 e. The molecule has 4 rings (SSSR count). The molecule has 5 nitrogen and oxygen atoms in total. The maximum absolute atomic E-state index is 11.7. The summed E-state index contributed by atoms with van der Waals surface area (Å²) >= 11 is 13.9.